The molecule has 1 aromatic rings. The number of hydrogen-bond donors (Lipinski definition) is 1. The molecule has 2 unspecified atom stereocenters. The van der Waals surface area contributed by atoms with Crippen LogP contribution in [0.25, 0.3) is 0 Å². The Morgan fingerprint density at radius 1 is 1.14 bits per heavy atom. The van der Waals surface area contributed by atoms with E-state index in [2.05, 4.69) is 4.90 Å². The maximum absolute atomic E-state index is 12.6. The molecule has 0 aromatic heterocycles. The maximum Gasteiger partial charge on any atom is 0.244 e. The van der Waals surface area contributed by atoms with Crippen LogP contribution in [0, 0.1) is 6.92 Å². The highest BCUT2D eigenvalue weighted by atomic mass is 16.2. The van der Waals surface area contributed by atoms with Gasteiger partial charge in [-0.15, -0.1) is 0 Å². The normalized spacial score (nSPS) is 24.5. The molecular formula is C18H27N3O. The summed E-state index contributed by atoms with van der Waals surface area (Å²) >= 11 is 0. The molecule has 2 fully saturated rings. The topological polar surface area (TPSA) is 49.6 Å². The van der Waals surface area contributed by atoms with Crippen LogP contribution in [0.1, 0.15) is 42.9 Å². The van der Waals surface area contributed by atoms with Crippen LogP contribution in [0.15, 0.2) is 24.3 Å². The van der Waals surface area contributed by atoms with Crippen molar-refractivity contribution < 1.29 is 4.79 Å². The summed E-state index contributed by atoms with van der Waals surface area (Å²) in [4.78, 5) is 17.2. The molecule has 4 heteroatoms. The molecule has 0 saturated carbocycles. The number of aryl methyl sites for hydroxylation is 1. The van der Waals surface area contributed by atoms with Crippen LogP contribution < -0.4 is 5.73 Å². The molecule has 120 valence electrons. The summed E-state index contributed by atoms with van der Waals surface area (Å²) in [6.45, 7) is 6.12. The zero-order valence-electron chi connectivity index (χ0n) is 13.5. The Balaban J connectivity index is 1.59. The molecule has 2 heterocycles. The Morgan fingerprint density at radius 3 is 2.50 bits per heavy atom. The van der Waals surface area contributed by atoms with Crippen LogP contribution in [-0.4, -0.2) is 47.9 Å². The SMILES string of the molecule is Cc1ccc(C(N)C(=O)N2CCC(N3CCCCC3)C2)cc1. The highest BCUT2D eigenvalue weighted by molar-refractivity contribution is 5.83. The number of rotatable bonds is 3. The van der Waals surface area contributed by atoms with Gasteiger partial charge in [0.25, 0.3) is 0 Å². The lowest BCUT2D eigenvalue weighted by Crippen LogP contribution is -2.43. The van der Waals surface area contributed by atoms with Crippen LogP contribution in [0.4, 0.5) is 0 Å². The summed E-state index contributed by atoms with van der Waals surface area (Å²) in [5, 5.41) is 0. The number of likely N-dealkylation sites (tertiary alicyclic amines) is 2. The number of benzene rings is 1. The van der Waals surface area contributed by atoms with Gasteiger partial charge in [-0.05, 0) is 44.8 Å². The number of carbonyl (C=O) groups is 1. The van der Waals surface area contributed by atoms with Gasteiger partial charge in [-0.1, -0.05) is 36.2 Å². The number of amides is 1. The van der Waals surface area contributed by atoms with Gasteiger partial charge in [-0.2, -0.15) is 0 Å². The monoisotopic (exact) mass is 301 g/mol. The Bertz CT molecular complexity index is 508. The molecule has 0 radical (unpaired) electrons. The van der Waals surface area contributed by atoms with Gasteiger partial charge in [0.2, 0.25) is 5.91 Å². The Morgan fingerprint density at radius 2 is 1.82 bits per heavy atom. The predicted molar refractivity (Wildman–Crippen MR) is 88.5 cm³/mol. The van der Waals surface area contributed by atoms with Crippen LogP contribution >= 0.6 is 0 Å². The summed E-state index contributed by atoms with van der Waals surface area (Å²) in [6, 6.07) is 7.98. The summed E-state index contributed by atoms with van der Waals surface area (Å²) in [7, 11) is 0. The van der Waals surface area contributed by atoms with Gasteiger partial charge in [0.05, 0.1) is 0 Å². The fourth-order valence-electron chi connectivity index (χ4n) is 3.64. The van der Waals surface area contributed by atoms with E-state index in [0.717, 1.165) is 25.1 Å². The zero-order valence-corrected chi connectivity index (χ0v) is 13.5. The molecular weight excluding hydrogens is 274 g/mol. The number of piperidine rings is 1. The third-order valence-corrected chi connectivity index (χ3v) is 5.08. The van der Waals surface area contributed by atoms with Gasteiger partial charge in [-0.3, -0.25) is 9.69 Å². The first-order valence-corrected chi connectivity index (χ1v) is 8.50. The first-order chi connectivity index (χ1) is 10.6. The lowest BCUT2D eigenvalue weighted by Gasteiger charge is -2.32. The van der Waals surface area contributed by atoms with Crippen molar-refractivity contribution in [3.63, 3.8) is 0 Å². The maximum atomic E-state index is 12.6. The van der Waals surface area contributed by atoms with Crippen LogP contribution in [-0.2, 0) is 4.79 Å². The summed E-state index contributed by atoms with van der Waals surface area (Å²) in [6.07, 6.45) is 5.04. The van der Waals surface area contributed by atoms with E-state index in [1.54, 1.807) is 0 Å². The Kier molecular flexibility index (Phi) is 4.79. The fraction of sp³-hybridized carbons (Fsp3) is 0.611. The first-order valence-electron chi connectivity index (χ1n) is 8.50. The van der Waals surface area contributed by atoms with Gasteiger partial charge in [-0.25, -0.2) is 0 Å². The average molecular weight is 301 g/mol. The van der Waals surface area contributed by atoms with Gasteiger partial charge in [0, 0.05) is 19.1 Å². The molecule has 1 amide bonds. The fourth-order valence-corrected chi connectivity index (χ4v) is 3.64. The quantitative estimate of drug-likeness (QED) is 0.930. The molecule has 4 nitrogen and oxygen atoms in total. The van der Waals surface area contributed by atoms with Crippen molar-refractivity contribution in [3.8, 4) is 0 Å². The van der Waals surface area contributed by atoms with Crippen LogP contribution in [0.5, 0.6) is 0 Å². The van der Waals surface area contributed by atoms with Gasteiger partial charge < -0.3 is 10.6 Å². The third kappa shape index (κ3) is 3.33. The van der Waals surface area contributed by atoms with Crippen molar-refractivity contribution >= 4 is 5.91 Å². The van der Waals surface area contributed by atoms with E-state index in [4.69, 9.17) is 5.73 Å². The van der Waals surface area contributed by atoms with Crippen molar-refractivity contribution in [2.45, 2.75) is 44.7 Å². The van der Waals surface area contributed by atoms with Crippen molar-refractivity contribution in [3.05, 3.63) is 35.4 Å². The highest BCUT2D eigenvalue weighted by Crippen LogP contribution is 2.23. The summed E-state index contributed by atoms with van der Waals surface area (Å²) in [5.74, 6) is 0.0726. The minimum atomic E-state index is -0.527. The van der Waals surface area contributed by atoms with E-state index in [1.165, 1.54) is 37.9 Å². The van der Waals surface area contributed by atoms with E-state index < -0.39 is 6.04 Å². The van der Waals surface area contributed by atoms with E-state index in [9.17, 15) is 4.79 Å². The lowest BCUT2D eigenvalue weighted by molar-refractivity contribution is -0.131. The molecule has 2 atom stereocenters. The van der Waals surface area contributed by atoms with Gasteiger partial charge >= 0.3 is 0 Å². The zero-order chi connectivity index (χ0) is 15.5. The number of nitrogens with two attached hydrogens (primary N) is 1. The summed E-state index contributed by atoms with van der Waals surface area (Å²) in [5.41, 5.74) is 8.29. The number of hydrogen-bond acceptors (Lipinski definition) is 3. The molecule has 1 aromatic carbocycles. The largest absolute Gasteiger partial charge is 0.339 e. The summed E-state index contributed by atoms with van der Waals surface area (Å²) < 4.78 is 0. The smallest absolute Gasteiger partial charge is 0.244 e. The lowest BCUT2D eigenvalue weighted by atomic mass is 10.0. The average Bonchev–Trinajstić information content (AvgIpc) is 3.05. The minimum Gasteiger partial charge on any atom is -0.339 e. The highest BCUT2D eigenvalue weighted by Gasteiger charge is 2.33. The second-order valence-electron chi connectivity index (χ2n) is 6.71. The van der Waals surface area contributed by atoms with E-state index >= 15 is 0 Å². The molecule has 2 N–H and O–H groups in total. The first kappa shape index (κ1) is 15.5. The molecule has 0 spiro atoms. The van der Waals surface area contributed by atoms with Crippen molar-refractivity contribution in [2.24, 2.45) is 5.73 Å². The molecule has 22 heavy (non-hydrogen) atoms. The van der Waals surface area contributed by atoms with E-state index in [-0.39, 0.29) is 5.91 Å². The Labute approximate surface area is 133 Å². The molecule has 2 aliphatic rings. The molecule has 3 rings (SSSR count). The van der Waals surface area contributed by atoms with Crippen LogP contribution in [0.2, 0.25) is 0 Å². The second kappa shape index (κ2) is 6.80. The minimum absolute atomic E-state index is 0.0726. The second-order valence-corrected chi connectivity index (χ2v) is 6.71. The van der Waals surface area contributed by atoms with Crippen LogP contribution in [0.3, 0.4) is 0 Å². The Hall–Kier alpha value is -1.39. The molecule has 0 bridgehead atoms. The predicted octanol–water partition coefficient (Wildman–Crippen LogP) is 2.08. The molecule has 0 aliphatic carbocycles. The van der Waals surface area contributed by atoms with Gasteiger partial charge in [0.15, 0.2) is 0 Å². The van der Waals surface area contributed by atoms with Crippen molar-refractivity contribution in [1.29, 1.82) is 0 Å². The third-order valence-electron chi connectivity index (χ3n) is 5.08. The van der Waals surface area contributed by atoms with Gasteiger partial charge in [0.1, 0.15) is 6.04 Å². The van der Waals surface area contributed by atoms with Crippen molar-refractivity contribution in [2.75, 3.05) is 26.2 Å². The molecule has 2 aliphatic heterocycles. The number of nitrogens with zero attached hydrogens (tertiary/aromatic N) is 2. The molecule has 2 saturated heterocycles. The van der Waals surface area contributed by atoms with Crippen molar-refractivity contribution in [1.82, 2.24) is 9.80 Å². The van der Waals surface area contributed by atoms with E-state index in [0.29, 0.717) is 6.04 Å². The standard InChI is InChI=1S/C18H27N3O/c1-14-5-7-15(8-6-14)17(19)18(22)21-12-9-16(13-21)20-10-3-2-4-11-20/h5-8,16-17H,2-4,9-13,19H2,1H3. The number of carbonyl (C=O) groups excluding carboxylic acids is 1. The van der Waals surface area contributed by atoms with E-state index in [1.807, 2.05) is 36.1 Å².